The maximum absolute atomic E-state index is 11.6. The van der Waals surface area contributed by atoms with Crippen molar-refractivity contribution >= 4 is 17.7 Å². The van der Waals surface area contributed by atoms with Gasteiger partial charge in [0.1, 0.15) is 11.2 Å². The molecule has 0 aromatic carbocycles. The fourth-order valence-corrected chi connectivity index (χ4v) is 1.11. The summed E-state index contributed by atoms with van der Waals surface area (Å²) in [5.74, 6) is -0.615. The van der Waals surface area contributed by atoms with Crippen LogP contribution in [0, 0.1) is 0 Å². The number of nitrogens with one attached hydrogen (secondary N) is 1. The third kappa shape index (κ3) is 4.00. The molecule has 0 fully saturated rings. The van der Waals surface area contributed by atoms with Gasteiger partial charge >= 0.3 is 12.1 Å². The lowest BCUT2D eigenvalue weighted by atomic mass is 10.2. The van der Waals surface area contributed by atoms with Crippen molar-refractivity contribution in [3.8, 4) is 0 Å². The van der Waals surface area contributed by atoms with E-state index < -0.39 is 17.7 Å². The molecule has 0 aliphatic heterocycles. The van der Waals surface area contributed by atoms with Gasteiger partial charge in [-0.05, 0) is 20.8 Å². The van der Waals surface area contributed by atoms with Crippen LogP contribution in [0.2, 0.25) is 0 Å². The van der Waals surface area contributed by atoms with E-state index in [-0.39, 0.29) is 11.3 Å². The molecular formula is C11H15N3O4. The smallest absolute Gasteiger partial charge is 0.412 e. The van der Waals surface area contributed by atoms with Crippen LogP contribution in [0.1, 0.15) is 31.1 Å². The zero-order valence-corrected chi connectivity index (χ0v) is 10.7. The number of hydrogen-bond acceptors (Lipinski definition) is 6. The molecule has 0 spiro atoms. The molecule has 7 nitrogen and oxygen atoms in total. The van der Waals surface area contributed by atoms with Crippen molar-refractivity contribution in [2.45, 2.75) is 26.4 Å². The molecule has 1 aromatic heterocycles. The first-order chi connectivity index (χ1) is 8.33. The molecule has 1 amide bonds. The van der Waals surface area contributed by atoms with Gasteiger partial charge in [-0.2, -0.15) is 10.2 Å². The summed E-state index contributed by atoms with van der Waals surface area (Å²) in [6.45, 7) is 5.20. The Kier molecular flexibility index (Phi) is 4.19. The quantitative estimate of drug-likeness (QED) is 0.805. The fourth-order valence-electron chi connectivity index (χ4n) is 1.11. The van der Waals surface area contributed by atoms with Crippen LogP contribution in [-0.4, -0.2) is 35.0 Å². The van der Waals surface area contributed by atoms with Gasteiger partial charge in [0.2, 0.25) is 0 Å². The summed E-state index contributed by atoms with van der Waals surface area (Å²) in [4.78, 5) is 23.0. The Morgan fingerprint density at radius 2 is 1.83 bits per heavy atom. The minimum atomic E-state index is -0.680. The Balaban J connectivity index is 2.85. The first-order valence-corrected chi connectivity index (χ1v) is 5.22. The summed E-state index contributed by atoms with van der Waals surface area (Å²) in [6, 6.07) is 0. The van der Waals surface area contributed by atoms with E-state index >= 15 is 0 Å². The summed E-state index contributed by atoms with van der Waals surface area (Å²) in [7, 11) is 1.24. The van der Waals surface area contributed by atoms with Gasteiger partial charge in [-0.3, -0.25) is 5.32 Å². The number of nitrogens with zero attached hydrogens (tertiary/aromatic N) is 2. The van der Waals surface area contributed by atoms with E-state index in [1.54, 1.807) is 20.8 Å². The topological polar surface area (TPSA) is 90.4 Å². The molecule has 0 bridgehead atoms. The second kappa shape index (κ2) is 5.44. The van der Waals surface area contributed by atoms with Gasteiger partial charge in [0.25, 0.3) is 0 Å². The zero-order chi connectivity index (χ0) is 13.8. The highest BCUT2D eigenvalue weighted by Gasteiger charge is 2.19. The van der Waals surface area contributed by atoms with Crippen LogP contribution in [0.25, 0.3) is 0 Å². The molecule has 98 valence electrons. The highest BCUT2D eigenvalue weighted by Crippen LogP contribution is 2.15. The number of aromatic nitrogens is 2. The summed E-state index contributed by atoms with van der Waals surface area (Å²) >= 11 is 0. The van der Waals surface area contributed by atoms with E-state index in [4.69, 9.17) is 4.74 Å². The highest BCUT2D eigenvalue weighted by molar-refractivity contribution is 5.99. The monoisotopic (exact) mass is 253 g/mol. The molecule has 1 rings (SSSR count). The molecule has 0 atom stereocenters. The molecule has 0 saturated carbocycles. The molecule has 0 aliphatic rings. The largest absolute Gasteiger partial charge is 0.465 e. The molecule has 0 radical (unpaired) electrons. The summed E-state index contributed by atoms with van der Waals surface area (Å²) in [5, 5.41) is 9.55. The van der Waals surface area contributed by atoms with Crippen molar-refractivity contribution in [2.24, 2.45) is 0 Å². The minimum absolute atomic E-state index is 0.110. The minimum Gasteiger partial charge on any atom is -0.465 e. The van der Waals surface area contributed by atoms with Crippen molar-refractivity contribution < 1.29 is 19.1 Å². The van der Waals surface area contributed by atoms with Crippen LogP contribution >= 0.6 is 0 Å². The number of amides is 1. The predicted octanol–water partition coefficient (Wildman–Crippen LogP) is 1.61. The van der Waals surface area contributed by atoms with Crippen molar-refractivity contribution in [3.05, 3.63) is 18.0 Å². The van der Waals surface area contributed by atoms with Gasteiger partial charge in [-0.1, -0.05) is 0 Å². The summed E-state index contributed by atoms with van der Waals surface area (Å²) < 4.78 is 9.62. The van der Waals surface area contributed by atoms with E-state index in [1.807, 2.05) is 0 Å². The van der Waals surface area contributed by atoms with Crippen LogP contribution in [0.4, 0.5) is 10.5 Å². The molecular weight excluding hydrogens is 238 g/mol. The Hall–Kier alpha value is -2.18. The second-order valence-electron chi connectivity index (χ2n) is 4.43. The first kappa shape index (κ1) is 13.9. The lowest BCUT2D eigenvalue weighted by Gasteiger charge is -2.19. The van der Waals surface area contributed by atoms with Gasteiger partial charge in [0.15, 0.2) is 0 Å². The number of hydrogen-bond donors (Lipinski definition) is 1. The fraction of sp³-hybridized carbons (Fsp3) is 0.455. The number of anilines is 1. The number of ether oxygens (including phenoxy) is 2. The molecule has 1 N–H and O–H groups in total. The average molecular weight is 253 g/mol. The average Bonchev–Trinajstić information content (AvgIpc) is 2.26. The summed E-state index contributed by atoms with van der Waals surface area (Å²) in [5.41, 5.74) is -0.333. The number of rotatable bonds is 2. The Morgan fingerprint density at radius 3 is 2.39 bits per heavy atom. The number of esters is 1. The third-order valence-corrected chi connectivity index (χ3v) is 1.77. The van der Waals surface area contributed by atoms with Gasteiger partial charge in [-0.15, -0.1) is 0 Å². The number of carbonyl (C=O) groups excluding carboxylic acids is 2. The lowest BCUT2D eigenvalue weighted by Crippen LogP contribution is -2.28. The van der Waals surface area contributed by atoms with Gasteiger partial charge in [0, 0.05) is 0 Å². The van der Waals surface area contributed by atoms with E-state index in [0.717, 1.165) is 0 Å². The van der Waals surface area contributed by atoms with Crippen molar-refractivity contribution in [1.29, 1.82) is 0 Å². The van der Waals surface area contributed by atoms with E-state index in [2.05, 4.69) is 20.3 Å². The van der Waals surface area contributed by atoms with Crippen molar-refractivity contribution in [1.82, 2.24) is 10.2 Å². The van der Waals surface area contributed by atoms with E-state index in [9.17, 15) is 9.59 Å². The molecule has 0 aliphatic carbocycles. The molecule has 7 heteroatoms. The van der Waals surface area contributed by atoms with Crippen molar-refractivity contribution in [3.63, 3.8) is 0 Å². The van der Waals surface area contributed by atoms with Crippen LogP contribution in [0.5, 0.6) is 0 Å². The zero-order valence-electron chi connectivity index (χ0n) is 10.7. The Labute approximate surface area is 104 Å². The number of methoxy groups -OCH3 is 1. The third-order valence-electron chi connectivity index (χ3n) is 1.77. The molecule has 1 aromatic rings. The van der Waals surface area contributed by atoms with Crippen LogP contribution in [-0.2, 0) is 9.47 Å². The standard InChI is InChI=1S/C11H15N3O4/c1-11(2,3)18-10(16)14-8-6-13-12-5-7(8)9(15)17-4/h5-6H,1-4H3,(H,12,14,16). The second-order valence-corrected chi connectivity index (χ2v) is 4.43. The van der Waals surface area contributed by atoms with Crippen LogP contribution in [0.15, 0.2) is 12.4 Å². The molecule has 0 saturated heterocycles. The van der Waals surface area contributed by atoms with E-state index in [1.165, 1.54) is 19.5 Å². The van der Waals surface area contributed by atoms with Gasteiger partial charge < -0.3 is 9.47 Å². The molecule has 18 heavy (non-hydrogen) atoms. The molecule has 0 unspecified atom stereocenters. The normalized spacial score (nSPS) is 10.7. The maximum atomic E-state index is 11.6. The SMILES string of the molecule is COC(=O)c1cnncc1NC(=O)OC(C)(C)C. The lowest BCUT2D eigenvalue weighted by molar-refractivity contribution is 0.0601. The van der Waals surface area contributed by atoms with Crippen molar-refractivity contribution in [2.75, 3.05) is 12.4 Å². The van der Waals surface area contributed by atoms with Crippen LogP contribution < -0.4 is 5.32 Å². The Morgan fingerprint density at radius 1 is 1.22 bits per heavy atom. The predicted molar refractivity (Wildman–Crippen MR) is 63.2 cm³/mol. The van der Waals surface area contributed by atoms with Gasteiger partial charge in [-0.25, -0.2) is 9.59 Å². The number of carbonyl (C=O) groups is 2. The highest BCUT2D eigenvalue weighted by atomic mass is 16.6. The van der Waals surface area contributed by atoms with Crippen LogP contribution in [0.3, 0.4) is 0 Å². The van der Waals surface area contributed by atoms with E-state index in [0.29, 0.717) is 0 Å². The summed E-state index contributed by atoms with van der Waals surface area (Å²) in [6.07, 6.45) is 1.77. The Bertz CT molecular complexity index is 454. The van der Waals surface area contributed by atoms with Gasteiger partial charge in [0.05, 0.1) is 25.2 Å². The first-order valence-electron chi connectivity index (χ1n) is 5.22. The maximum Gasteiger partial charge on any atom is 0.412 e. The molecule has 1 heterocycles.